The molecule has 35 heavy (non-hydrogen) atoms. The average Bonchev–Trinajstić information content (AvgIpc) is 3.25. The van der Waals surface area contributed by atoms with Crippen LogP contribution in [0.15, 0.2) is 70.3 Å². The molecule has 1 aromatic heterocycles. The quantitative estimate of drug-likeness (QED) is 0.518. The molecular formula is C26H29N5O4. The van der Waals surface area contributed by atoms with E-state index in [1.54, 1.807) is 4.90 Å². The molecule has 1 aliphatic rings. The number of carbonyl (C=O) groups excluding carboxylic acids is 2. The number of unbranched alkanes of at least 4 members (excludes halogenated alkanes) is 1. The van der Waals surface area contributed by atoms with Crippen molar-refractivity contribution < 1.29 is 9.59 Å². The molecule has 1 unspecified atom stereocenters. The van der Waals surface area contributed by atoms with Gasteiger partial charge in [0.25, 0.3) is 5.56 Å². The van der Waals surface area contributed by atoms with Crippen molar-refractivity contribution in [2.24, 2.45) is 5.92 Å². The highest BCUT2D eigenvalue weighted by Crippen LogP contribution is 2.29. The third-order valence-electron chi connectivity index (χ3n) is 6.21. The highest BCUT2D eigenvalue weighted by atomic mass is 16.2. The maximum atomic E-state index is 13.8. The first-order valence-electron chi connectivity index (χ1n) is 11.7. The van der Waals surface area contributed by atoms with E-state index in [1.165, 1.54) is 9.47 Å². The number of nitrogen functional groups attached to an aromatic ring is 1. The summed E-state index contributed by atoms with van der Waals surface area (Å²) in [4.78, 5) is 57.2. The van der Waals surface area contributed by atoms with Crippen LogP contribution in [0, 0.1) is 5.92 Å². The maximum Gasteiger partial charge on any atom is 0.330 e. The van der Waals surface area contributed by atoms with Crippen LogP contribution in [-0.2, 0) is 22.7 Å². The van der Waals surface area contributed by atoms with Gasteiger partial charge in [-0.1, -0.05) is 61.9 Å². The average molecular weight is 476 g/mol. The molecule has 1 saturated heterocycles. The zero-order chi connectivity index (χ0) is 24.9. The SMILES string of the molecule is CCCCn1c(N)c(N(Cc2ccccc2)C(=O)C2CC(=O)N(c3ccccc3)C2)c(=O)[nH]c1=O. The first kappa shape index (κ1) is 24.0. The summed E-state index contributed by atoms with van der Waals surface area (Å²) in [6, 6.07) is 18.4. The van der Waals surface area contributed by atoms with Gasteiger partial charge in [-0.25, -0.2) is 4.79 Å². The van der Waals surface area contributed by atoms with E-state index < -0.39 is 23.1 Å². The summed E-state index contributed by atoms with van der Waals surface area (Å²) in [6.45, 7) is 2.58. The van der Waals surface area contributed by atoms with Crippen LogP contribution >= 0.6 is 0 Å². The van der Waals surface area contributed by atoms with Crippen molar-refractivity contribution in [3.63, 3.8) is 0 Å². The van der Waals surface area contributed by atoms with E-state index in [0.29, 0.717) is 18.7 Å². The molecule has 0 aliphatic carbocycles. The largest absolute Gasteiger partial charge is 0.383 e. The van der Waals surface area contributed by atoms with E-state index >= 15 is 0 Å². The number of hydrogen-bond acceptors (Lipinski definition) is 5. The predicted molar refractivity (Wildman–Crippen MR) is 135 cm³/mol. The predicted octanol–water partition coefficient (Wildman–Crippen LogP) is 2.51. The maximum absolute atomic E-state index is 13.8. The van der Waals surface area contributed by atoms with Crippen molar-refractivity contribution in [1.82, 2.24) is 9.55 Å². The lowest BCUT2D eigenvalue weighted by Gasteiger charge is -2.27. The first-order valence-corrected chi connectivity index (χ1v) is 11.7. The van der Waals surface area contributed by atoms with Gasteiger partial charge in [0.1, 0.15) is 5.82 Å². The zero-order valence-electron chi connectivity index (χ0n) is 19.6. The van der Waals surface area contributed by atoms with Crippen LogP contribution in [0.3, 0.4) is 0 Å². The number of amides is 2. The molecule has 0 radical (unpaired) electrons. The van der Waals surface area contributed by atoms with Gasteiger partial charge in [0, 0.05) is 25.2 Å². The molecule has 2 amide bonds. The Labute approximate surface area is 202 Å². The fraction of sp³-hybridized carbons (Fsp3) is 0.308. The fourth-order valence-corrected chi connectivity index (χ4v) is 4.36. The number of aromatic nitrogens is 2. The lowest BCUT2D eigenvalue weighted by atomic mass is 10.1. The van der Waals surface area contributed by atoms with Crippen molar-refractivity contribution in [1.29, 1.82) is 0 Å². The van der Waals surface area contributed by atoms with Gasteiger partial charge in [-0.15, -0.1) is 0 Å². The molecule has 0 saturated carbocycles. The van der Waals surface area contributed by atoms with E-state index in [1.807, 2.05) is 67.6 Å². The molecule has 2 aromatic carbocycles. The van der Waals surface area contributed by atoms with Crippen molar-refractivity contribution in [3.05, 3.63) is 87.1 Å². The Morgan fingerprint density at radius 2 is 1.71 bits per heavy atom. The second-order valence-electron chi connectivity index (χ2n) is 8.65. The molecule has 4 rings (SSSR count). The van der Waals surface area contributed by atoms with Crippen LogP contribution in [0.4, 0.5) is 17.2 Å². The molecule has 1 aliphatic heterocycles. The number of H-pyrrole nitrogens is 1. The lowest BCUT2D eigenvalue weighted by Crippen LogP contribution is -2.43. The summed E-state index contributed by atoms with van der Waals surface area (Å²) in [6.07, 6.45) is 1.53. The second kappa shape index (κ2) is 10.4. The number of nitrogens with zero attached hydrogens (tertiary/aromatic N) is 3. The van der Waals surface area contributed by atoms with Gasteiger partial charge in [-0.3, -0.25) is 28.8 Å². The number of hydrogen-bond donors (Lipinski definition) is 2. The van der Waals surface area contributed by atoms with Gasteiger partial charge in [-0.2, -0.15) is 0 Å². The number of rotatable bonds is 8. The van der Waals surface area contributed by atoms with E-state index in [0.717, 1.165) is 12.0 Å². The second-order valence-corrected chi connectivity index (χ2v) is 8.65. The summed E-state index contributed by atoms with van der Waals surface area (Å²) in [7, 11) is 0. The number of anilines is 3. The Morgan fingerprint density at radius 1 is 1.06 bits per heavy atom. The lowest BCUT2D eigenvalue weighted by molar-refractivity contribution is -0.124. The van der Waals surface area contributed by atoms with E-state index in [-0.39, 0.29) is 36.9 Å². The van der Waals surface area contributed by atoms with Crippen LogP contribution in [-0.4, -0.2) is 27.9 Å². The van der Waals surface area contributed by atoms with Gasteiger partial charge < -0.3 is 10.6 Å². The number of nitrogens with one attached hydrogen (secondary N) is 1. The van der Waals surface area contributed by atoms with Gasteiger partial charge in [0.05, 0.1) is 12.5 Å². The molecule has 9 heteroatoms. The van der Waals surface area contributed by atoms with Gasteiger partial charge in [-0.05, 0) is 24.1 Å². The number of para-hydroxylation sites is 1. The molecule has 2 heterocycles. The van der Waals surface area contributed by atoms with Crippen LogP contribution in [0.1, 0.15) is 31.7 Å². The molecule has 0 spiro atoms. The highest BCUT2D eigenvalue weighted by molar-refractivity contribution is 6.05. The smallest absolute Gasteiger partial charge is 0.330 e. The Bertz CT molecular complexity index is 1320. The van der Waals surface area contributed by atoms with Gasteiger partial charge >= 0.3 is 5.69 Å². The molecular weight excluding hydrogens is 446 g/mol. The standard InChI is InChI=1S/C26H29N5O4/c1-2-3-14-29-23(27)22(24(33)28-26(29)35)31(16-18-10-6-4-7-11-18)25(34)19-15-21(32)30(17-19)20-12-8-5-9-13-20/h4-13,19H,2-3,14-17,27H2,1H3,(H,28,33,35). The first-order chi connectivity index (χ1) is 16.9. The molecule has 0 bridgehead atoms. The van der Waals surface area contributed by atoms with E-state index in [4.69, 9.17) is 5.73 Å². The third kappa shape index (κ3) is 5.03. The molecule has 9 nitrogen and oxygen atoms in total. The van der Waals surface area contributed by atoms with E-state index in [2.05, 4.69) is 4.98 Å². The number of benzene rings is 2. The summed E-state index contributed by atoms with van der Waals surface area (Å²) in [5.41, 5.74) is 6.43. The number of carbonyl (C=O) groups is 2. The Morgan fingerprint density at radius 3 is 2.37 bits per heavy atom. The van der Waals surface area contributed by atoms with Crippen molar-refractivity contribution in [2.75, 3.05) is 22.1 Å². The molecule has 1 atom stereocenters. The summed E-state index contributed by atoms with van der Waals surface area (Å²) >= 11 is 0. The van der Waals surface area contributed by atoms with Gasteiger partial charge in [0.2, 0.25) is 11.8 Å². The minimum absolute atomic E-state index is 0.0201. The van der Waals surface area contributed by atoms with Crippen LogP contribution in [0.5, 0.6) is 0 Å². The van der Waals surface area contributed by atoms with Crippen LogP contribution < -0.4 is 26.8 Å². The minimum Gasteiger partial charge on any atom is -0.383 e. The Hall–Kier alpha value is -4.14. The number of nitrogens with two attached hydrogens (primary N) is 1. The van der Waals surface area contributed by atoms with Crippen molar-refractivity contribution in [3.8, 4) is 0 Å². The Kier molecular flexibility index (Phi) is 7.14. The van der Waals surface area contributed by atoms with Crippen molar-refractivity contribution in [2.45, 2.75) is 39.3 Å². The minimum atomic E-state index is -0.728. The van der Waals surface area contributed by atoms with Crippen molar-refractivity contribution >= 4 is 29.0 Å². The highest BCUT2D eigenvalue weighted by Gasteiger charge is 2.39. The molecule has 1 fully saturated rings. The van der Waals surface area contributed by atoms with E-state index in [9.17, 15) is 19.2 Å². The normalized spacial score (nSPS) is 15.4. The molecule has 182 valence electrons. The summed E-state index contributed by atoms with van der Waals surface area (Å²) < 4.78 is 1.29. The van der Waals surface area contributed by atoms with Crippen LogP contribution in [0.25, 0.3) is 0 Å². The monoisotopic (exact) mass is 475 g/mol. The van der Waals surface area contributed by atoms with Crippen LogP contribution in [0.2, 0.25) is 0 Å². The molecule has 3 N–H and O–H groups in total. The fourth-order valence-electron chi connectivity index (χ4n) is 4.36. The number of aromatic amines is 1. The third-order valence-corrected chi connectivity index (χ3v) is 6.21. The van der Waals surface area contributed by atoms with Gasteiger partial charge in [0.15, 0.2) is 5.69 Å². The topological polar surface area (TPSA) is 121 Å². The Balaban J connectivity index is 1.73. The zero-order valence-corrected chi connectivity index (χ0v) is 19.6. The molecule has 3 aromatic rings. The summed E-state index contributed by atoms with van der Waals surface area (Å²) in [5.74, 6) is -1.27. The summed E-state index contributed by atoms with van der Waals surface area (Å²) in [5, 5.41) is 0.